The molecule has 0 aromatic heterocycles. The monoisotopic (exact) mass is 420 g/mol. The SMILES string of the molecule is CC(=O)C1=C(Cc2ccccc2)[C@H]2C[C@H](c3ccccc3)C[C@H](C2=O)[C@@H]1c1ccccc1. The summed E-state index contributed by atoms with van der Waals surface area (Å²) in [5.41, 5.74) is 5.45. The molecule has 4 atom stereocenters. The number of carbonyl (C=O) groups excluding carboxylic acids is 2. The molecule has 2 nitrogen and oxygen atoms in total. The van der Waals surface area contributed by atoms with Gasteiger partial charge in [-0.3, -0.25) is 9.59 Å². The van der Waals surface area contributed by atoms with E-state index in [4.69, 9.17) is 0 Å². The van der Waals surface area contributed by atoms with E-state index >= 15 is 0 Å². The van der Waals surface area contributed by atoms with Crippen LogP contribution in [0.25, 0.3) is 0 Å². The van der Waals surface area contributed by atoms with Crippen molar-refractivity contribution in [2.24, 2.45) is 11.8 Å². The van der Waals surface area contributed by atoms with Crippen molar-refractivity contribution in [3.05, 3.63) is 119 Å². The number of hydrogen-bond donors (Lipinski definition) is 0. The highest BCUT2D eigenvalue weighted by Gasteiger charge is 2.49. The lowest BCUT2D eigenvalue weighted by molar-refractivity contribution is -0.130. The van der Waals surface area contributed by atoms with Crippen LogP contribution in [0.5, 0.6) is 0 Å². The molecule has 5 rings (SSSR count). The summed E-state index contributed by atoms with van der Waals surface area (Å²) in [6, 6.07) is 31.0. The molecule has 2 heteroatoms. The van der Waals surface area contributed by atoms with Gasteiger partial charge in [0, 0.05) is 23.3 Å². The summed E-state index contributed by atoms with van der Waals surface area (Å²) in [5.74, 6) is 0.252. The fourth-order valence-electron chi connectivity index (χ4n) is 5.92. The molecule has 0 amide bonds. The third-order valence-corrected chi connectivity index (χ3v) is 7.29. The molecule has 0 radical (unpaired) electrons. The molecule has 3 aromatic rings. The third kappa shape index (κ3) is 3.75. The van der Waals surface area contributed by atoms with Crippen LogP contribution in [0, 0.1) is 11.8 Å². The molecule has 1 fully saturated rings. The van der Waals surface area contributed by atoms with Crippen LogP contribution in [-0.4, -0.2) is 11.6 Å². The lowest BCUT2D eigenvalue weighted by atomic mass is 9.57. The fraction of sp³-hybridized carbons (Fsp3) is 0.267. The summed E-state index contributed by atoms with van der Waals surface area (Å²) in [7, 11) is 0. The second-order valence-corrected chi connectivity index (χ2v) is 9.19. The van der Waals surface area contributed by atoms with Crippen molar-refractivity contribution in [2.75, 3.05) is 0 Å². The predicted molar refractivity (Wildman–Crippen MR) is 127 cm³/mol. The zero-order valence-electron chi connectivity index (χ0n) is 18.4. The second kappa shape index (κ2) is 8.70. The highest BCUT2D eigenvalue weighted by molar-refractivity contribution is 6.02. The summed E-state index contributed by atoms with van der Waals surface area (Å²) >= 11 is 0. The van der Waals surface area contributed by atoms with Gasteiger partial charge < -0.3 is 0 Å². The van der Waals surface area contributed by atoms with Gasteiger partial charge in [0.15, 0.2) is 5.78 Å². The maximum Gasteiger partial charge on any atom is 0.156 e. The standard InChI is InChI=1S/C30H28O2/c1-20(31)28-25(17-21-11-5-2-6-12-21)26-18-24(22-13-7-3-8-14-22)19-27(30(26)32)29(28)23-15-9-4-10-16-23/h2-16,24,26-27,29H,17-19H2,1H3/t24-,26+,27-,29-/m0/s1. The minimum atomic E-state index is -0.182. The molecular formula is C30H28O2. The number of allylic oxidation sites excluding steroid dienone is 2. The minimum Gasteiger partial charge on any atom is -0.299 e. The van der Waals surface area contributed by atoms with Gasteiger partial charge in [-0.25, -0.2) is 0 Å². The van der Waals surface area contributed by atoms with Gasteiger partial charge in [0.2, 0.25) is 0 Å². The van der Waals surface area contributed by atoms with Gasteiger partial charge in [0.05, 0.1) is 0 Å². The largest absolute Gasteiger partial charge is 0.299 e. The summed E-state index contributed by atoms with van der Waals surface area (Å²) in [6.07, 6.45) is 2.25. The maximum absolute atomic E-state index is 13.8. The zero-order valence-corrected chi connectivity index (χ0v) is 18.4. The molecule has 0 N–H and O–H groups in total. The van der Waals surface area contributed by atoms with Crippen LogP contribution in [0.4, 0.5) is 0 Å². The molecule has 2 bridgehead atoms. The van der Waals surface area contributed by atoms with Crippen molar-refractivity contribution in [2.45, 2.75) is 38.0 Å². The molecule has 160 valence electrons. The number of benzene rings is 3. The van der Waals surface area contributed by atoms with Gasteiger partial charge in [-0.05, 0) is 54.4 Å². The van der Waals surface area contributed by atoms with Crippen molar-refractivity contribution in [1.82, 2.24) is 0 Å². The van der Waals surface area contributed by atoms with Crippen LogP contribution in [0.15, 0.2) is 102 Å². The first-order chi connectivity index (χ1) is 15.6. The first kappa shape index (κ1) is 20.6. The Kier molecular flexibility index (Phi) is 5.61. The lowest BCUT2D eigenvalue weighted by Gasteiger charge is -2.45. The molecule has 0 aliphatic heterocycles. The van der Waals surface area contributed by atoms with Crippen molar-refractivity contribution in [3.63, 3.8) is 0 Å². The van der Waals surface area contributed by atoms with E-state index in [2.05, 4.69) is 48.5 Å². The van der Waals surface area contributed by atoms with Crippen LogP contribution in [0.1, 0.15) is 48.3 Å². The number of hydrogen-bond acceptors (Lipinski definition) is 2. The van der Waals surface area contributed by atoms with E-state index in [0.29, 0.717) is 18.1 Å². The molecule has 32 heavy (non-hydrogen) atoms. The Hall–Kier alpha value is -3.26. The highest BCUT2D eigenvalue weighted by Crippen LogP contribution is 2.53. The van der Waals surface area contributed by atoms with Crippen molar-refractivity contribution >= 4 is 11.6 Å². The second-order valence-electron chi connectivity index (χ2n) is 9.19. The Morgan fingerprint density at radius 1 is 0.781 bits per heavy atom. The molecule has 2 aliphatic rings. The van der Waals surface area contributed by atoms with E-state index < -0.39 is 0 Å². The Morgan fingerprint density at radius 3 is 1.94 bits per heavy atom. The van der Waals surface area contributed by atoms with Crippen molar-refractivity contribution < 1.29 is 9.59 Å². The van der Waals surface area contributed by atoms with E-state index in [1.807, 2.05) is 42.5 Å². The molecule has 1 saturated carbocycles. The Balaban J connectivity index is 1.67. The van der Waals surface area contributed by atoms with Crippen LogP contribution >= 0.6 is 0 Å². The summed E-state index contributed by atoms with van der Waals surface area (Å²) in [5, 5.41) is 0. The minimum absolute atomic E-state index is 0.102. The van der Waals surface area contributed by atoms with Gasteiger partial charge >= 0.3 is 0 Å². The summed E-state index contributed by atoms with van der Waals surface area (Å²) < 4.78 is 0. The van der Waals surface area contributed by atoms with Gasteiger partial charge in [-0.1, -0.05) is 91.0 Å². The quantitative estimate of drug-likeness (QED) is 0.486. The number of ketones is 2. The number of carbonyl (C=O) groups is 2. The predicted octanol–water partition coefficient (Wildman–Crippen LogP) is 6.29. The van der Waals surface area contributed by atoms with Gasteiger partial charge in [0.1, 0.15) is 5.78 Å². The number of Topliss-reactive ketones (excluding diaryl/α,β-unsaturated/α-hetero) is 2. The molecule has 0 spiro atoms. The Morgan fingerprint density at radius 2 is 1.34 bits per heavy atom. The van der Waals surface area contributed by atoms with Gasteiger partial charge in [-0.15, -0.1) is 0 Å². The number of fused-ring (bicyclic) bond motifs is 2. The average molecular weight is 421 g/mol. The van der Waals surface area contributed by atoms with Crippen molar-refractivity contribution in [3.8, 4) is 0 Å². The van der Waals surface area contributed by atoms with E-state index in [-0.39, 0.29) is 23.5 Å². The topological polar surface area (TPSA) is 34.1 Å². The normalized spacial score (nSPS) is 25.0. The molecule has 3 aromatic carbocycles. The highest BCUT2D eigenvalue weighted by atomic mass is 16.1. The van der Waals surface area contributed by atoms with E-state index in [9.17, 15) is 9.59 Å². The molecule has 0 saturated heterocycles. The molecular weight excluding hydrogens is 392 g/mol. The Bertz CT molecular complexity index is 1150. The zero-order chi connectivity index (χ0) is 22.1. The summed E-state index contributed by atoms with van der Waals surface area (Å²) in [4.78, 5) is 26.9. The first-order valence-electron chi connectivity index (χ1n) is 11.5. The van der Waals surface area contributed by atoms with Crippen molar-refractivity contribution in [1.29, 1.82) is 0 Å². The Labute approximate surface area is 190 Å². The fourth-order valence-corrected chi connectivity index (χ4v) is 5.92. The summed E-state index contributed by atoms with van der Waals surface area (Å²) in [6.45, 7) is 1.68. The van der Waals surface area contributed by atoms with Gasteiger partial charge in [0.25, 0.3) is 0 Å². The van der Waals surface area contributed by atoms with Gasteiger partial charge in [-0.2, -0.15) is 0 Å². The van der Waals surface area contributed by atoms with Crippen LogP contribution in [-0.2, 0) is 16.0 Å². The van der Waals surface area contributed by atoms with E-state index in [1.54, 1.807) is 6.92 Å². The average Bonchev–Trinajstić information content (AvgIpc) is 2.82. The van der Waals surface area contributed by atoms with Crippen LogP contribution in [0.3, 0.4) is 0 Å². The molecule has 2 aliphatic carbocycles. The van der Waals surface area contributed by atoms with Crippen LogP contribution in [0.2, 0.25) is 0 Å². The van der Waals surface area contributed by atoms with E-state index in [1.165, 1.54) is 5.56 Å². The smallest absolute Gasteiger partial charge is 0.156 e. The van der Waals surface area contributed by atoms with Crippen LogP contribution < -0.4 is 0 Å². The third-order valence-electron chi connectivity index (χ3n) is 7.29. The lowest BCUT2D eigenvalue weighted by Crippen LogP contribution is -2.43. The molecule has 0 unspecified atom stereocenters. The molecule has 0 heterocycles. The number of rotatable bonds is 5. The maximum atomic E-state index is 13.8. The van der Waals surface area contributed by atoms with E-state index in [0.717, 1.165) is 35.1 Å². The first-order valence-corrected chi connectivity index (χ1v) is 11.5.